The van der Waals surface area contributed by atoms with Crippen molar-refractivity contribution < 1.29 is 10.0 Å². The third-order valence-corrected chi connectivity index (χ3v) is 4.60. The topological polar surface area (TPSA) is 24.7 Å². The Kier molecular flexibility index (Phi) is 5.41. The summed E-state index contributed by atoms with van der Waals surface area (Å²) in [5, 5.41) is 10.9. The molecule has 1 unspecified atom stereocenters. The summed E-state index contributed by atoms with van der Waals surface area (Å²) in [7, 11) is 0. The summed E-state index contributed by atoms with van der Waals surface area (Å²) in [6, 6.07) is 10.2. The Bertz CT molecular complexity index is 357. The fourth-order valence-corrected chi connectivity index (χ4v) is 3.14. The summed E-state index contributed by atoms with van der Waals surface area (Å²) in [5.74, 6) is 0. The molecule has 0 amide bonds. The maximum atomic E-state index is 10.9. The molecule has 1 aliphatic heterocycles. The first-order valence-corrected chi connectivity index (χ1v) is 7.86. The minimum atomic E-state index is -0.638. The van der Waals surface area contributed by atoms with E-state index in [9.17, 15) is 5.11 Å². The van der Waals surface area contributed by atoms with Crippen molar-refractivity contribution in [3.05, 3.63) is 35.9 Å². The molecule has 0 spiro atoms. The van der Waals surface area contributed by atoms with E-state index < -0.39 is 5.60 Å². The van der Waals surface area contributed by atoms with Crippen LogP contribution in [0, 0.1) is 0 Å². The standard InChI is InChI=1S/C17H27NO/c1-2-17(19,16-10-6-5-7-11-16)12-15-18-13-8-3-4-9-14-18/h5-7,10-11,19H,2-4,8-9,12-15H2,1H3/p+1. The quantitative estimate of drug-likeness (QED) is 0.835. The molecular formula is C17H28NO+. The van der Waals surface area contributed by atoms with Gasteiger partial charge in [-0.1, -0.05) is 37.3 Å². The van der Waals surface area contributed by atoms with Crippen LogP contribution in [0.5, 0.6) is 0 Å². The van der Waals surface area contributed by atoms with Gasteiger partial charge in [0.25, 0.3) is 0 Å². The molecule has 106 valence electrons. The lowest BCUT2D eigenvalue weighted by molar-refractivity contribution is -0.900. The molecule has 1 aromatic carbocycles. The molecule has 0 aromatic heterocycles. The maximum absolute atomic E-state index is 10.9. The van der Waals surface area contributed by atoms with E-state index in [1.54, 1.807) is 4.90 Å². The fraction of sp³-hybridized carbons (Fsp3) is 0.647. The second-order valence-corrected chi connectivity index (χ2v) is 5.92. The molecule has 1 aliphatic rings. The maximum Gasteiger partial charge on any atom is 0.0947 e. The number of rotatable bonds is 5. The van der Waals surface area contributed by atoms with Crippen LogP contribution in [0.15, 0.2) is 30.3 Å². The van der Waals surface area contributed by atoms with E-state index in [1.807, 2.05) is 18.2 Å². The molecule has 0 aliphatic carbocycles. The minimum absolute atomic E-state index is 0.638. The van der Waals surface area contributed by atoms with Gasteiger partial charge in [-0.25, -0.2) is 0 Å². The predicted molar refractivity (Wildman–Crippen MR) is 79.3 cm³/mol. The fourth-order valence-electron chi connectivity index (χ4n) is 3.14. The Labute approximate surface area is 117 Å². The molecule has 2 heteroatoms. The molecule has 1 fully saturated rings. The molecule has 2 nitrogen and oxygen atoms in total. The smallest absolute Gasteiger partial charge is 0.0947 e. The highest BCUT2D eigenvalue weighted by Gasteiger charge is 2.28. The Morgan fingerprint density at radius 2 is 1.68 bits per heavy atom. The lowest BCUT2D eigenvalue weighted by atomic mass is 9.88. The summed E-state index contributed by atoms with van der Waals surface area (Å²) in [5.41, 5.74) is 0.437. The van der Waals surface area contributed by atoms with Crippen molar-refractivity contribution in [3.63, 3.8) is 0 Å². The van der Waals surface area contributed by atoms with Crippen LogP contribution in [0.3, 0.4) is 0 Å². The van der Waals surface area contributed by atoms with Gasteiger partial charge in [-0.15, -0.1) is 0 Å². The third kappa shape index (κ3) is 4.05. The highest BCUT2D eigenvalue weighted by Crippen LogP contribution is 2.27. The first-order chi connectivity index (χ1) is 9.24. The van der Waals surface area contributed by atoms with Crippen molar-refractivity contribution >= 4 is 0 Å². The van der Waals surface area contributed by atoms with Crippen molar-refractivity contribution in [2.75, 3.05) is 19.6 Å². The Hall–Kier alpha value is -0.860. The first kappa shape index (κ1) is 14.5. The highest BCUT2D eigenvalue weighted by atomic mass is 16.3. The van der Waals surface area contributed by atoms with E-state index in [-0.39, 0.29) is 0 Å². The molecule has 0 saturated carbocycles. The zero-order valence-corrected chi connectivity index (χ0v) is 12.2. The predicted octanol–water partition coefficient (Wildman–Crippen LogP) is 2.13. The number of quaternary nitrogens is 1. The van der Waals surface area contributed by atoms with Gasteiger partial charge in [-0.05, 0) is 37.7 Å². The van der Waals surface area contributed by atoms with Crippen LogP contribution in [0.1, 0.15) is 51.0 Å². The van der Waals surface area contributed by atoms with Crippen molar-refractivity contribution in [3.8, 4) is 0 Å². The van der Waals surface area contributed by atoms with Gasteiger partial charge in [0.1, 0.15) is 0 Å². The average Bonchev–Trinajstić information content (AvgIpc) is 2.74. The van der Waals surface area contributed by atoms with Crippen molar-refractivity contribution in [2.45, 2.75) is 51.0 Å². The second-order valence-electron chi connectivity index (χ2n) is 5.92. The summed E-state index contributed by atoms with van der Waals surface area (Å²) >= 11 is 0. The van der Waals surface area contributed by atoms with Gasteiger partial charge >= 0.3 is 0 Å². The number of hydrogen-bond donors (Lipinski definition) is 2. The van der Waals surface area contributed by atoms with Crippen LogP contribution < -0.4 is 4.90 Å². The lowest BCUT2D eigenvalue weighted by Gasteiger charge is -2.29. The van der Waals surface area contributed by atoms with Gasteiger partial charge in [-0.2, -0.15) is 0 Å². The number of benzene rings is 1. The molecule has 1 heterocycles. The van der Waals surface area contributed by atoms with Crippen molar-refractivity contribution in [2.24, 2.45) is 0 Å². The van der Waals surface area contributed by atoms with Crippen LogP contribution in [0.25, 0.3) is 0 Å². The minimum Gasteiger partial charge on any atom is -0.385 e. The van der Waals surface area contributed by atoms with Gasteiger partial charge in [0.15, 0.2) is 0 Å². The number of aliphatic hydroxyl groups is 1. The zero-order valence-electron chi connectivity index (χ0n) is 12.2. The lowest BCUT2D eigenvalue weighted by Crippen LogP contribution is -3.12. The van der Waals surface area contributed by atoms with Gasteiger partial charge in [0.2, 0.25) is 0 Å². The molecule has 1 aromatic rings. The largest absolute Gasteiger partial charge is 0.385 e. The van der Waals surface area contributed by atoms with Crippen molar-refractivity contribution in [1.82, 2.24) is 0 Å². The van der Waals surface area contributed by atoms with Gasteiger partial charge in [0.05, 0.1) is 25.2 Å². The number of likely N-dealkylation sites (tertiary alicyclic amines) is 1. The van der Waals surface area contributed by atoms with Crippen LogP contribution in [0.2, 0.25) is 0 Å². The molecule has 1 saturated heterocycles. The average molecular weight is 262 g/mol. The Morgan fingerprint density at radius 1 is 1.05 bits per heavy atom. The molecule has 1 atom stereocenters. The molecular weight excluding hydrogens is 234 g/mol. The molecule has 0 radical (unpaired) electrons. The zero-order chi connectivity index (χ0) is 13.6. The molecule has 2 rings (SSSR count). The summed E-state index contributed by atoms with van der Waals surface area (Å²) in [6.45, 7) is 5.76. The van der Waals surface area contributed by atoms with E-state index in [2.05, 4.69) is 19.1 Å². The monoisotopic (exact) mass is 262 g/mol. The van der Waals surface area contributed by atoms with Gasteiger partial charge in [-0.3, -0.25) is 0 Å². The summed E-state index contributed by atoms with van der Waals surface area (Å²) < 4.78 is 0. The third-order valence-electron chi connectivity index (χ3n) is 4.60. The van der Waals surface area contributed by atoms with E-state index >= 15 is 0 Å². The van der Waals surface area contributed by atoms with E-state index in [0.29, 0.717) is 0 Å². The van der Waals surface area contributed by atoms with Crippen LogP contribution in [0.4, 0.5) is 0 Å². The van der Waals surface area contributed by atoms with Crippen LogP contribution in [-0.2, 0) is 5.60 Å². The number of nitrogens with one attached hydrogen (secondary N) is 1. The highest BCUT2D eigenvalue weighted by molar-refractivity contribution is 5.21. The van der Waals surface area contributed by atoms with Gasteiger partial charge < -0.3 is 10.0 Å². The second kappa shape index (κ2) is 7.06. The molecule has 19 heavy (non-hydrogen) atoms. The van der Waals surface area contributed by atoms with Crippen molar-refractivity contribution in [1.29, 1.82) is 0 Å². The normalized spacial score (nSPS) is 20.7. The summed E-state index contributed by atoms with van der Waals surface area (Å²) in [6.07, 6.45) is 7.16. The first-order valence-electron chi connectivity index (χ1n) is 7.86. The molecule has 0 bridgehead atoms. The summed E-state index contributed by atoms with van der Waals surface area (Å²) in [4.78, 5) is 1.68. The van der Waals surface area contributed by atoms with Crippen LogP contribution >= 0.6 is 0 Å². The van der Waals surface area contributed by atoms with E-state index in [4.69, 9.17) is 0 Å². The Balaban J connectivity index is 1.94. The SMILES string of the molecule is CCC(O)(CC[NH+]1CCCCCC1)c1ccccc1. The molecule has 2 N–H and O–H groups in total. The van der Waals surface area contributed by atoms with E-state index in [0.717, 1.165) is 24.9 Å². The Morgan fingerprint density at radius 3 is 2.26 bits per heavy atom. The van der Waals surface area contributed by atoms with Gasteiger partial charge in [0, 0.05) is 6.42 Å². The van der Waals surface area contributed by atoms with Crippen LogP contribution in [-0.4, -0.2) is 24.7 Å². The number of hydrogen-bond acceptors (Lipinski definition) is 1. The van der Waals surface area contributed by atoms with E-state index in [1.165, 1.54) is 38.8 Å².